The zero-order valence-electron chi connectivity index (χ0n) is 8.25. The standard InChI is InChI=1S/C11H16O2/c1-9(2)11(12)13-8-10-6-4-3-5-7-10/h4,6-7,9H,3,5,8H2,1-2H3. The third-order valence-corrected chi connectivity index (χ3v) is 1.92. The molecule has 0 saturated carbocycles. The van der Waals surface area contributed by atoms with Crippen molar-refractivity contribution < 1.29 is 9.53 Å². The molecule has 0 amide bonds. The summed E-state index contributed by atoms with van der Waals surface area (Å²) < 4.78 is 5.08. The fourth-order valence-corrected chi connectivity index (χ4v) is 1.10. The van der Waals surface area contributed by atoms with Gasteiger partial charge in [0.05, 0.1) is 5.92 Å². The van der Waals surface area contributed by atoms with Crippen LogP contribution < -0.4 is 0 Å². The summed E-state index contributed by atoms with van der Waals surface area (Å²) in [7, 11) is 0. The summed E-state index contributed by atoms with van der Waals surface area (Å²) >= 11 is 0. The number of carbonyl (C=O) groups is 1. The van der Waals surface area contributed by atoms with Gasteiger partial charge in [0.1, 0.15) is 6.61 Å². The summed E-state index contributed by atoms with van der Waals surface area (Å²) in [5.74, 6) is -0.159. The Balaban J connectivity index is 2.30. The third kappa shape index (κ3) is 3.45. The topological polar surface area (TPSA) is 26.3 Å². The Bertz CT molecular complexity index is 236. The minimum Gasteiger partial charge on any atom is -0.461 e. The quantitative estimate of drug-likeness (QED) is 0.624. The lowest BCUT2D eigenvalue weighted by Gasteiger charge is -2.09. The molecule has 1 aliphatic carbocycles. The lowest BCUT2D eigenvalue weighted by atomic mass is 10.1. The van der Waals surface area contributed by atoms with Crippen molar-refractivity contribution in [2.75, 3.05) is 6.61 Å². The monoisotopic (exact) mass is 180 g/mol. The molecule has 0 aliphatic heterocycles. The normalized spacial score (nSPS) is 15.8. The molecular weight excluding hydrogens is 164 g/mol. The van der Waals surface area contributed by atoms with Crippen LogP contribution in [0.2, 0.25) is 0 Å². The first-order valence-electron chi connectivity index (χ1n) is 4.72. The van der Waals surface area contributed by atoms with E-state index in [0.29, 0.717) is 6.61 Å². The molecule has 0 aromatic heterocycles. The first-order chi connectivity index (χ1) is 6.20. The van der Waals surface area contributed by atoms with Gasteiger partial charge in [0.25, 0.3) is 0 Å². The molecule has 0 N–H and O–H groups in total. The van der Waals surface area contributed by atoms with E-state index in [9.17, 15) is 4.79 Å². The Morgan fingerprint density at radius 1 is 1.54 bits per heavy atom. The first kappa shape index (κ1) is 10.0. The van der Waals surface area contributed by atoms with Gasteiger partial charge in [0.2, 0.25) is 0 Å². The van der Waals surface area contributed by atoms with Crippen molar-refractivity contribution in [3.8, 4) is 0 Å². The van der Waals surface area contributed by atoms with E-state index in [4.69, 9.17) is 4.74 Å². The number of rotatable bonds is 3. The first-order valence-corrected chi connectivity index (χ1v) is 4.72. The second-order valence-electron chi connectivity index (χ2n) is 3.52. The highest BCUT2D eigenvalue weighted by atomic mass is 16.5. The summed E-state index contributed by atoms with van der Waals surface area (Å²) in [6, 6.07) is 0. The molecular formula is C11H16O2. The zero-order valence-corrected chi connectivity index (χ0v) is 8.25. The van der Waals surface area contributed by atoms with Crippen molar-refractivity contribution in [2.24, 2.45) is 5.92 Å². The van der Waals surface area contributed by atoms with Gasteiger partial charge in [-0.25, -0.2) is 0 Å². The van der Waals surface area contributed by atoms with Gasteiger partial charge in [-0.05, 0) is 18.4 Å². The molecule has 0 unspecified atom stereocenters. The molecule has 1 aliphatic rings. The molecule has 0 aromatic rings. The van der Waals surface area contributed by atoms with Crippen LogP contribution in [0.15, 0.2) is 23.8 Å². The van der Waals surface area contributed by atoms with Crippen LogP contribution in [-0.2, 0) is 9.53 Å². The number of ether oxygens (including phenoxy) is 1. The fraction of sp³-hybridized carbons (Fsp3) is 0.545. The average molecular weight is 180 g/mol. The van der Waals surface area contributed by atoms with Crippen LogP contribution in [0.5, 0.6) is 0 Å². The molecule has 0 atom stereocenters. The van der Waals surface area contributed by atoms with E-state index >= 15 is 0 Å². The Morgan fingerprint density at radius 3 is 2.85 bits per heavy atom. The highest BCUT2D eigenvalue weighted by molar-refractivity contribution is 5.71. The lowest BCUT2D eigenvalue weighted by Crippen LogP contribution is -2.13. The number of hydrogen-bond acceptors (Lipinski definition) is 2. The number of carbonyl (C=O) groups excluding carboxylic acids is 1. The van der Waals surface area contributed by atoms with Gasteiger partial charge in [0.15, 0.2) is 0 Å². The molecule has 2 nitrogen and oxygen atoms in total. The Morgan fingerprint density at radius 2 is 2.31 bits per heavy atom. The lowest BCUT2D eigenvalue weighted by molar-refractivity contribution is -0.146. The van der Waals surface area contributed by atoms with Crippen LogP contribution >= 0.6 is 0 Å². The maximum absolute atomic E-state index is 11.1. The van der Waals surface area contributed by atoms with Crippen LogP contribution in [0.3, 0.4) is 0 Å². The van der Waals surface area contributed by atoms with Crippen LogP contribution in [0.25, 0.3) is 0 Å². The second-order valence-corrected chi connectivity index (χ2v) is 3.52. The van der Waals surface area contributed by atoms with Gasteiger partial charge >= 0.3 is 5.97 Å². The van der Waals surface area contributed by atoms with E-state index in [1.807, 2.05) is 19.9 Å². The zero-order chi connectivity index (χ0) is 9.68. The maximum Gasteiger partial charge on any atom is 0.308 e. The van der Waals surface area contributed by atoms with Crippen molar-refractivity contribution in [2.45, 2.75) is 26.7 Å². The van der Waals surface area contributed by atoms with Crippen molar-refractivity contribution in [3.05, 3.63) is 23.8 Å². The van der Waals surface area contributed by atoms with Crippen LogP contribution in [0.4, 0.5) is 0 Å². The van der Waals surface area contributed by atoms with Gasteiger partial charge in [0, 0.05) is 0 Å². The number of hydrogen-bond donors (Lipinski definition) is 0. The molecule has 0 aromatic carbocycles. The van der Waals surface area contributed by atoms with E-state index < -0.39 is 0 Å². The van der Waals surface area contributed by atoms with E-state index in [1.165, 1.54) is 0 Å². The van der Waals surface area contributed by atoms with Gasteiger partial charge in [-0.1, -0.05) is 32.1 Å². The van der Waals surface area contributed by atoms with Crippen molar-refractivity contribution in [1.82, 2.24) is 0 Å². The van der Waals surface area contributed by atoms with E-state index in [0.717, 1.165) is 18.4 Å². The predicted octanol–water partition coefficient (Wildman–Crippen LogP) is 2.46. The van der Waals surface area contributed by atoms with Gasteiger partial charge in [-0.2, -0.15) is 0 Å². The minimum atomic E-state index is -0.125. The molecule has 0 heterocycles. The molecule has 0 radical (unpaired) electrons. The van der Waals surface area contributed by atoms with Crippen molar-refractivity contribution in [3.63, 3.8) is 0 Å². The third-order valence-electron chi connectivity index (χ3n) is 1.92. The summed E-state index contributed by atoms with van der Waals surface area (Å²) in [5.41, 5.74) is 1.11. The van der Waals surface area contributed by atoms with E-state index in [2.05, 4.69) is 12.2 Å². The molecule has 1 rings (SSSR count). The fourth-order valence-electron chi connectivity index (χ4n) is 1.10. The van der Waals surface area contributed by atoms with E-state index in [-0.39, 0.29) is 11.9 Å². The molecule has 0 saturated heterocycles. The van der Waals surface area contributed by atoms with Gasteiger partial charge in [-0.15, -0.1) is 0 Å². The highest BCUT2D eigenvalue weighted by Gasteiger charge is 2.08. The Hall–Kier alpha value is -1.05. The smallest absolute Gasteiger partial charge is 0.308 e. The molecule has 2 heteroatoms. The molecule has 0 bridgehead atoms. The molecule has 0 spiro atoms. The molecule has 72 valence electrons. The summed E-state index contributed by atoms with van der Waals surface area (Å²) in [4.78, 5) is 11.1. The predicted molar refractivity (Wildman–Crippen MR) is 52.3 cm³/mol. The number of esters is 1. The van der Waals surface area contributed by atoms with Crippen molar-refractivity contribution in [1.29, 1.82) is 0 Å². The molecule has 0 fully saturated rings. The van der Waals surface area contributed by atoms with Crippen LogP contribution in [0.1, 0.15) is 26.7 Å². The average Bonchev–Trinajstić information content (AvgIpc) is 2.15. The maximum atomic E-state index is 11.1. The largest absolute Gasteiger partial charge is 0.461 e. The van der Waals surface area contributed by atoms with Crippen LogP contribution in [0, 0.1) is 5.92 Å². The highest BCUT2D eigenvalue weighted by Crippen LogP contribution is 2.10. The second kappa shape index (κ2) is 4.85. The van der Waals surface area contributed by atoms with Crippen LogP contribution in [-0.4, -0.2) is 12.6 Å². The SMILES string of the molecule is CC(C)C(=O)OCC1=CCCC=C1. The number of allylic oxidation sites excluding steroid dienone is 2. The Labute approximate surface area is 79.3 Å². The van der Waals surface area contributed by atoms with Gasteiger partial charge < -0.3 is 4.74 Å². The minimum absolute atomic E-state index is 0.0341. The van der Waals surface area contributed by atoms with Gasteiger partial charge in [-0.3, -0.25) is 4.79 Å². The Kier molecular flexibility index (Phi) is 3.74. The molecule has 13 heavy (non-hydrogen) atoms. The van der Waals surface area contributed by atoms with Crippen molar-refractivity contribution >= 4 is 5.97 Å². The summed E-state index contributed by atoms with van der Waals surface area (Å²) in [6.45, 7) is 4.11. The van der Waals surface area contributed by atoms with E-state index in [1.54, 1.807) is 0 Å². The summed E-state index contributed by atoms with van der Waals surface area (Å²) in [5, 5.41) is 0. The summed E-state index contributed by atoms with van der Waals surface area (Å²) in [6.07, 6.45) is 8.41.